The molecule has 0 unspecified atom stereocenters. The third-order valence-corrected chi connectivity index (χ3v) is 2.73. The lowest BCUT2D eigenvalue weighted by atomic mass is 9.82. The Hall–Kier alpha value is -0.940. The second kappa shape index (κ2) is 4.06. The van der Waals surface area contributed by atoms with Crippen LogP contribution in [0.1, 0.15) is 18.7 Å². The Balaban J connectivity index is 1.66. The fraction of sp³-hybridized carbons (Fsp3) is 0.778. The molecule has 0 saturated heterocycles. The summed E-state index contributed by atoms with van der Waals surface area (Å²) in [6.45, 7) is 1.72. The van der Waals surface area contributed by atoms with E-state index in [2.05, 4.69) is 15.5 Å². The zero-order chi connectivity index (χ0) is 9.97. The van der Waals surface area contributed by atoms with Gasteiger partial charge in [0.25, 0.3) is 0 Å². The van der Waals surface area contributed by atoms with E-state index < -0.39 is 0 Å². The highest BCUT2D eigenvalue weighted by Gasteiger charge is 2.26. The van der Waals surface area contributed by atoms with E-state index in [9.17, 15) is 0 Å². The molecule has 2 rings (SSSR count). The summed E-state index contributed by atoms with van der Waals surface area (Å²) in [6, 6.07) is 0. The van der Waals surface area contributed by atoms with Gasteiger partial charge in [-0.3, -0.25) is 0 Å². The van der Waals surface area contributed by atoms with Crippen LogP contribution in [0.15, 0.2) is 6.33 Å². The van der Waals surface area contributed by atoms with Crippen molar-refractivity contribution in [1.82, 2.24) is 20.1 Å². The first kappa shape index (κ1) is 9.61. The lowest BCUT2D eigenvalue weighted by Crippen LogP contribution is -2.36. The van der Waals surface area contributed by atoms with Crippen molar-refractivity contribution in [2.24, 2.45) is 13.0 Å². The van der Waals surface area contributed by atoms with Crippen LogP contribution in [0.4, 0.5) is 0 Å². The van der Waals surface area contributed by atoms with Crippen LogP contribution in [0.3, 0.4) is 0 Å². The highest BCUT2D eigenvalue weighted by Crippen LogP contribution is 2.26. The van der Waals surface area contributed by atoms with E-state index in [1.165, 1.54) is 0 Å². The van der Waals surface area contributed by atoms with Crippen LogP contribution < -0.4 is 5.32 Å². The Morgan fingerprint density at radius 3 is 3.00 bits per heavy atom. The van der Waals surface area contributed by atoms with E-state index in [0.717, 1.165) is 31.8 Å². The highest BCUT2D eigenvalue weighted by molar-refractivity contribution is 4.85. The molecule has 0 spiro atoms. The summed E-state index contributed by atoms with van der Waals surface area (Å²) in [5.41, 5.74) is 0. The number of aryl methyl sites for hydroxylation is 1. The standard InChI is InChI=1S/C9H16N4O/c1-13-6-11-12-9(13)5-10-4-7-2-8(14)3-7/h6-8,10,14H,2-5H2,1H3. The van der Waals surface area contributed by atoms with Crippen LogP contribution >= 0.6 is 0 Å². The number of nitrogens with zero attached hydrogens (tertiary/aromatic N) is 3. The van der Waals surface area contributed by atoms with Gasteiger partial charge < -0.3 is 15.0 Å². The Bertz CT molecular complexity index is 293. The minimum absolute atomic E-state index is 0.0587. The summed E-state index contributed by atoms with van der Waals surface area (Å²) in [5, 5.41) is 20.2. The molecule has 14 heavy (non-hydrogen) atoms. The van der Waals surface area contributed by atoms with E-state index in [4.69, 9.17) is 5.11 Å². The van der Waals surface area contributed by atoms with E-state index in [1.54, 1.807) is 6.33 Å². The molecular weight excluding hydrogens is 180 g/mol. The summed E-state index contributed by atoms with van der Waals surface area (Å²) in [5.74, 6) is 1.59. The van der Waals surface area contributed by atoms with Gasteiger partial charge >= 0.3 is 0 Å². The maximum atomic E-state index is 9.09. The lowest BCUT2D eigenvalue weighted by Gasteiger charge is -2.31. The molecule has 1 fully saturated rings. The summed E-state index contributed by atoms with van der Waals surface area (Å²) in [7, 11) is 1.93. The van der Waals surface area contributed by atoms with Crippen molar-refractivity contribution in [3.05, 3.63) is 12.2 Å². The van der Waals surface area contributed by atoms with Crippen molar-refractivity contribution in [2.75, 3.05) is 6.54 Å². The maximum Gasteiger partial charge on any atom is 0.146 e. The van der Waals surface area contributed by atoms with Gasteiger partial charge in [0.1, 0.15) is 12.2 Å². The average Bonchev–Trinajstić information content (AvgIpc) is 2.49. The van der Waals surface area contributed by atoms with Gasteiger partial charge in [-0.15, -0.1) is 10.2 Å². The third-order valence-electron chi connectivity index (χ3n) is 2.73. The molecule has 1 aromatic rings. The molecule has 5 nitrogen and oxygen atoms in total. The fourth-order valence-electron chi connectivity index (χ4n) is 1.72. The minimum Gasteiger partial charge on any atom is -0.393 e. The molecule has 1 aliphatic rings. The second-order valence-electron chi connectivity index (χ2n) is 3.98. The predicted molar refractivity (Wildman–Crippen MR) is 51.4 cm³/mol. The molecule has 1 heterocycles. The molecule has 5 heteroatoms. The van der Waals surface area contributed by atoms with E-state index in [0.29, 0.717) is 5.92 Å². The Morgan fingerprint density at radius 1 is 1.64 bits per heavy atom. The topological polar surface area (TPSA) is 63.0 Å². The van der Waals surface area contributed by atoms with Crippen LogP contribution in [0.2, 0.25) is 0 Å². The Morgan fingerprint density at radius 2 is 2.43 bits per heavy atom. The summed E-state index contributed by atoms with van der Waals surface area (Å²) >= 11 is 0. The van der Waals surface area contributed by atoms with Gasteiger partial charge in [0.05, 0.1) is 12.6 Å². The van der Waals surface area contributed by atoms with E-state index >= 15 is 0 Å². The molecule has 1 aromatic heterocycles. The number of hydrogen-bond donors (Lipinski definition) is 2. The quantitative estimate of drug-likeness (QED) is 0.692. The average molecular weight is 196 g/mol. The number of rotatable bonds is 4. The van der Waals surface area contributed by atoms with Gasteiger partial charge in [-0.2, -0.15) is 0 Å². The molecule has 78 valence electrons. The molecule has 2 N–H and O–H groups in total. The van der Waals surface area contributed by atoms with Crippen LogP contribution in [0.5, 0.6) is 0 Å². The maximum absolute atomic E-state index is 9.09. The molecule has 0 atom stereocenters. The van der Waals surface area contributed by atoms with Gasteiger partial charge in [0.2, 0.25) is 0 Å². The molecule has 0 aromatic carbocycles. The number of aliphatic hydroxyl groups is 1. The van der Waals surface area contributed by atoms with Crippen molar-refractivity contribution in [3.8, 4) is 0 Å². The molecule has 1 saturated carbocycles. The smallest absolute Gasteiger partial charge is 0.146 e. The fourth-order valence-corrected chi connectivity index (χ4v) is 1.72. The minimum atomic E-state index is -0.0587. The largest absolute Gasteiger partial charge is 0.393 e. The molecule has 0 aliphatic heterocycles. The van der Waals surface area contributed by atoms with Gasteiger partial charge in [0.15, 0.2) is 0 Å². The van der Waals surface area contributed by atoms with E-state index in [-0.39, 0.29) is 6.10 Å². The Kier molecular flexibility index (Phi) is 2.79. The van der Waals surface area contributed by atoms with Crippen molar-refractivity contribution < 1.29 is 5.11 Å². The monoisotopic (exact) mass is 196 g/mol. The first-order valence-electron chi connectivity index (χ1n) is 4.97. The zero-order valence-electron chi connectivity index (χ0n) is 8.35. The number of nitrogens with one attached hydrogen (secondary N) is 1. The van der Waals surface area contributed by atoms with Crippen molar-refractivity contribution in [3.63, 3.8) is 0 Å². The highest BCUT2D eigenvalue weighted by atomic mass is 16.3. The van der Waals surface area contributed by atoms with Crippen LogP contribution in [0, 0.1) is 5.92 Å². The first-order chi connectivity index (χ1) is 6.75. The number of aromatic nitrogens is 3. The van der Waals surface area contributed by atoms with Gasteiger partial charge in [-0.25, -0.2) is 0 Å². The molecular formula is C9H16N4O. The Labute approximate surface area is 83.2 Å². The zero-order valence-corrected chi connectivity index (χ0v) is 8.35. The SMILES string of the molecule is Cn1cnnc1CNCC1CC(O)C1. The summed E-state index contributed by atoms with van der Waals surface area (Å²) in [4.78, 5) is 0. The van der Waals surface area contributed by atoms with Crippen LogP contribution in [0.25, 0.3) is 0 Å². The number of hydrogen-bond acceptors (Lipinski definition) is 4. The van der Waals surface area contributed by atoms with Crippen LogP contribution in [-0.4, -0.2) is 32.5 Å². The summed E-state index contributed by atoms with van der Waals surface area (Å²) in [6.07, 6.45) is 3.51. The van der Waals surface area contributed by atoms with Crippen LogP contribution in [-0.2, 0) is 13.6 Å². The normalized spacial score (nSPS) is 26.1. The van der Waals surface area contributed by atoms with Gasteiger partial charge in [0, 0.05) is 7.05 Å². The molecule has 0 amide bonds. The van der Waals surface area contributed by atoms with Crippen molar-refractivity contribution in [2.45, 2.75) is 25.5 Å². The van der Waals surface area contributed by atoms with Crippen molar-refractivity contribution in [1.29, 1.82) is 0 Å². The third kappa shape index (κ3) is 2.10. The molecule has 1 aliphatic carbocycles. The molecule has 0 radical (unpaired) electrons. The number of aliphatic hydroxyl groups excluding tert-OH is 1. The first-order valence-corrected chi connectivity index (χ1v) is 4.97. The second-order valence-corrected chi connectivity index (χ2v) is 3.98. The van der Waals surface area contributed by atoms with E-state index in [1.807, 2.05) is 11.6 Å². The van der Waals surface area contributed by atoms with Crippen molar-refractivity contribution >= 4 is 0 Å². The summed E-state index contributed by atoms with van der Waals surface area (Å²) < 4.78 is 1.91. The molecule has 0 bridgehead atoms. The van der Waals surface area contributed by atoms with Gasteiger partial charge in [-0.05, 0) is 25.3 Å². The van der Waals surface area contributed by atoms with Gasteiger partial charge in [-0.1, -0.05) is 0 Å². The predicted octanol–water partition coefficient (Wildman–Crippen LogP) is -0.324. The lowest BCUT2D eigenvalue weighted by molar-refractivity contribution is 0.0429.